The molecule has 266 valence electrons. The molecule has 0 aliphatic rings. The average Bonchev–Trinajstić information content (AvgIpc) is 3.00. The van der Waals surface area contributed by atoms with Crippen LogP contribution in [0.2, 0.25) is 0 Å². The van der Waals surface area contributed by atoms with E-state index < -0.39 is 49.7 Å². The Bertz CT molecular complexity index is 1200. The molecule has 0 N–H and O–H groups in total. The smallest absolute Gasteiger partial charge is 0.339 e. The average molecular weight is 686 g/mol. The fourth-order valence-electron chi connectivity index (χ4n) is 4.45. The molecule has 0 radical (unpaired) electrons. The van der Waals surface area contributed by atoms with Crippen molar-refractivity contribution in [2.24, 2.45) is 5.11 Å². The second kappa shape index (κ2) is 23.3. The van der Waals surface area contributed by atoms with Crippen LogP contribution in [0.15, 0.2) is 23.3 Å². The third kappa shape index (κ3) is 20.7. The highest BCUT2D eigenvalue weighted by molar-refractivity contribution is 7.45. The van der Waals surface area contributed by atoms with E-state index in [0.29, 0.717) is 17.4 Å². The third-order valence-electron chi connectivity index (χ3n) is 7.18. The number of benzene rings is 1. The molecular weight excluding hydrogens is 633 g/mol. The standard InChI is InChI=1S/C31H52N5O10P/c1-5-6-7-8-9-10-11-12-13-14-15-16-17-18-30(37)43-24-27(25-45-47(41,42)44-22-21-36(2,3)4)46-31(38)28-20-19-26(35(39)40)23-29(28)33-34-32/h19-20,23,27H,5-18,21-22,24-25H2,1-4H3. The van der Waals surface area contributed by atoms with E-state index in [9.17, 15) is 29.2 Å². The van der Waals surface area contributed by atoms with Crippen LogP contribution in [-0.2, 0) is 27.9 Å². The number of likely N-dealkylation sites (N-methyl/N-ethyl adjacent to an activating group) is 1. The molecule has 2 atom stereocenters. The van der Waals surface area contributed by atoms with Crippen LogP contribution in [0.5, 0.6) is 0 Å². The number of nitrogens with zero attached hydrogens (tertiary/aromatic N) is 5. The van der Waals surface area contributed by atoms with Crippen molar-refractivity contribution >= 4 is 31.1 Å². The highest BCUT2D eigenvalue weighted by Gasteiger charge is 2.24. The summed E-state index contributed by atoms with van der Waals surface area (Å²) in [5.74, 6) is -1.65. The van der Waals surface area contributed by atoms with Crippen molar-refractivity contribution in [2.75, 3.05) is 47.5 Å². The number of unbranched alkanes of at least 4 members (excludes halogenated alkanes) is 12. The second-order valence-electron chi connectivity index (χ2n) is 12.4. The molecule has 0 heterocycles. The van der Waals surface area contributed by atoms with Gasteiger partial charge in [-0.2, -0.15) is 0 Å². The van der Waals surface area contributed by atoms with E-state index in [1.807, 2.05) is 21.1 Å². The predicted molar refractivity (Wildman–Crippen MR) is 175 cm³/mol. The molecule has 0 saturated heterocycles. The minimum atomic E-state index is -4.81. The van der Waals surface area contributed by atoms with Crippen molar-refractivity contribution in [1.82, 2.24) is 0 Å². The van der Waals surface area contributed by atoms with Crippen molar-refractivity contribution in [3.63, 3.8) is 0 Å². The number of carbonyl (C=O) groups is 2. The third-order valence-corrected chi connectivity index (χ3v) is 8.15. The lowest BCUT2D eigenvalue weighted by atomic mass is 10.0. The van der Waals surface area contributed by atoms with Gasteiger partial charge >= 0.3 is 11.9 Å². The maximum absolute atomic E-state index is 12.9. The van der Waals surface area contributed by atoms with Crippen LogP contribution in [0.4, 0.5) is 11.4 Å². The summed E-state index contributed by atoms with van der Waals surface area (Å²) in [5.41, 5.74) is 7.73. The maximum atomic E-state index is 12.9. The first-order chi connectivity index (χ1) is 22.3. The van der Waals surface area contributed by atoms with Gasteiger partial charge in [-0.05, 0) is 18.0 Å². The van der Waals surface area contributed by atoms with Crippen LogP contribution in [0.25, 0.3) is 10.4 Å². The van der Waals surface area contributed by atoms with E-state index in [0.717, 1.165) is 37.5 Å². The Morgan fingerprint density at radius 3 is 2.06 bits per heavy atom. The highest BCUT2D eigenvalue weighted by Crippen LogP contribution is 2.38. The van der Waals surface area contributed by atoms with Crippen LogP contribution >= 0.6 is 7.82 Å². The number of ether oxygens (including phenoxy) is 2. The lowest BCUT2D eigenvalue weighted by molar-refractivity contribution is -0.870. The number of nitro groups is 1. The Hall–Kier alpha value is -3.06. The van der Waals surface area contributed by atoms with Gasteiger partial charge in [0.15, 0.2) is 6.10 Å². The first-order valence-corrected chi connectivity index (χ1v) is 17.8. The number of non-ortho nitro benzene ring substituents is 1. The molecule has 2 unspecified atom stereocenters. The summed E-state index contributed by atoms with van der Waals surface area (Å²) in [6.07, 6.45) is 13.8. The van der Waals surface area contributed by atoms with E-state index in [1.165, 1.54) is 57.8 Å². The summed E-state index contributed by atoms with van der Waals surface area (Å²) < 4.78 is 33.2. The van der Waals surface area contributed by atoms with E-state index >= 15 is 0 Å². The Labute approximate surface area is 277 Å². The van der Waals surface area contributed by atoms with Crippen molar-refractivity contribution in [1.29, 1.82) is 0 Å². The summed E-state index contributed by atoms with van der Waals surface area (Å²) in [6, 6.07) is 2.95. The van der Waals surface area contributed by atoms with Crippen molar-refractivity contribution in [2.45, 2.75) is 103 Å². The molecule has 0 saturated carbocycles. The van der Waals surface area contributed by atoms with E-state index in [4.69, 9.17) is 24.1 Å². The van der Waals surface area contributed by atoms with E-state index in [1.54, 1.807) is 0 Å². The number of carbonyl (C=O) groups excluding carboxylic acids is 2. The normalized spacial score (nSPS) is 13.3. The van der Waals surface area contributed by atoms with Gasteiger partial charge in [0.2, 0.25) is 0 Å². The zero-order chi connectivity index (χ0) is 35.1. The fraction of sp³-hybridized carbons (Fsp3) is 0.742. The SMILES string of the molecule is CCCCCCCCCCCCCCCC(=O)OCC(COP(=O)([O-])OCC[N+](C)(C)C)OC(=O)c1ccc([N+](=O)[O-])cc1N=[N+]=[N-]. The number of phosphoric ester groups is 1. The molecule has 47 heavy (non-hydrogen) atoms. The van der Waals surface area contributed by atoms with Crippen molar-refractivity contribution in [3.05, 3.63) is 44.3 Å². The fourth-order valence-corrected chi connectivity index (χ4v) is 5.18. The van der Waals surface area contributed by atoms with Gasteiger partial charge in [-0.1, -0.05) is 89.1 Å². The number of esters is 2. The van der Waals surface area contributed by atoms with Gasteiger partial charge in [0.25, 0.3) is 13.5 Å². The molecule has 1 aromatic carbocycles. The largest absolute Gasteiger partial charge is 0.756 e. The number of quaternary nitrogens is 1. The Balaban J connectivity index is 2.65. The molecule has 1 rings (SSSR count). The van der Waals surface area contributed by atoms with Crippen LogP contribution in [0.1, 0.15) is 107 Å². The molecule has 1 aromatic rings. The monoisotopic (exact) mass is 685 g/mol. The first-order valence-electron chi connectivity index (χ1n) is 16.4. The summed E-state index contributed by atoms with van der Waals surface area (Å²) in [4.78, 5) is 50.6. The zero-order valence-electron chi connectivity index (χ0n) is 28.3. The van der Waals surface area contributed by atoms with Gasteiger partial charge in [0.1, 0.15) is 19.8 Å². The maximum Gasteiger partial charge on any atom is 0.339 e. The van der Waals surface area contributed by atoms with Gasteiger partial charge in [0.05, 0.1) is 43.9 Å². The van der Waals surface area contributed by atoms with Gasteiger partial charge < -0.3 is 27.9 Å². The number of phosphoric acid groups is 1. The van der Waals surface area contributed by atoms with Crippen molar-refractivity contribution in [3.8, 4) is 0 Å². The Morgan fingerprint density at radius 1 is 0.957 bits per heavy atom. The number of azide groups is 1. The van der Waals surface area contributed by atoms with E-state index in [2.05, 4.69) is 16.9 Å². The number of nitro benzene ring substituents is 1. The lowest BCUT2D eigenvalue weighted by Gasteiger charge is -2.28. The minimum absolute atomic E-state index is 0.136. The predicted octanol–water partition coefficient (Wildman–Crippen LogP) is 7.29. The van der Waals surface area contributed by atoms with Gasteiger partial charge in [-0.3, -0.25) is 19.5 Å². The van der Waals surface area contributed by atoms with Crippen LogP contribution in [0, 0.1) is 10.1 Å². The summed E-state index contributed by atoms with van der Waals surface area (Å²) in [5, 5.41) is 14.4. The molecule has 0 aliphatic carbocycles. The Kier molecular flexibility index (Phi) is 20.8. The van der Waals surface area contributed by atoms with Gasteiger partial charge in [-0.25, -0.2) is 4.79 Å². The molecular formula is C31H52N5O10P. The number of hydrogen-bond acceptors (Lipinski definition) is 11. The first kappa shape index (κ1) is 42.0. The van der Waals surface area contributed by atoms with Gasteiger partial charge in [-0.15, -0.1) is 0 Å². The second-order valence-corrected chi connectivity index (χ2v) is 13.9. The molecule has 0 fully saturated rings. The zero-order valence-corrected chi connectivity index (χ0v) is 29.2. The number of rotatable bonds is 27. The topological polar surface area (TPSA) is 203 Å². The highest BCUT2D eigenvalue weighted by atomic mass is 31.2. The van der Waals surface area contributed by atoms with Gasteiger partial charge in [0, 0.05) is 23.5 Å². The molecule has 16 heteroatoms. The molecule has 0 amide bonds. The molecule has 0 aromatic heterocycles. The van der Waals surface area contributed by atoms with E-state index in [-0.39, 0.29) is 24.3 Å². The van der Waals surface area contributed by atoms with Crippen LogP contribution in [0.3, 0.4) is 0 Å². The summed E-state index contributed by atoms with van der Waals surface area (Å²) in [6.45, 7) is 1.18. The quantitative estimate of drug-likeness (QED) is 0.0104. The summed E-state index contributed by atoms with van der Waals surface area (Å²) in [7, 11) is 0.745. The molecule has 0 spiro atoms. The minimum Gasteiger partial charge on any atom is -0.756 e. The molecule has 15 nitrogen and oxygen atoms in total. The molecule has 0 aliphatic heterocycles. The number of hydrogen-bond donors (Lipinski definition) is 0. The molecule has 0 bridgehead atoms. The van der Waals surface area contributed by atoms with Crippen LogP contribution in [-0.4, -0.2) is 75.0 Å². The lowest BCUT2D eigenvalue weighted by Crippen LogP contribution is -2.37. The van der Waals surface area contributed by atoms with Crippen LogP contribution < -0.4 is 4.89 Å². The summed E-state index contributed by atoms with van der Waals surface area (Å²) >= 11 is 0. The Morgan fingerprint density at radius 2 is 1.53 bits per heavy atom. The van der Waals surface area contributed by atoms with Crippen molar-refractivity contribution < 1.29 is 47.0 Å².